The van der Waals surface area contributed by atoms with Gasteiger partial charge in [0.2, 0.25) is 17.7 Å². The standard InChI is InChI=1S/C36H50N4O7S/c1-2-39-24-31(47-36(39)45)33(42)29(21-26-12-7-4-8-13-26)37-35(44)30(23-28-14-9-19-48-28)38-34(43)27(20-25-10-5-3-6-11-25)22-32(41)40-15-17-46-18-16-40/h3,5-6,9-11,14,19,26-27,29-31,33,42H,2,4,7-8,12-13,15-18,20-24H2,1H3,(H,37,44)(H,38,43). The third kappa shape index (κ3) is 10.0. The summed E-state index contributed by atoms with van der Waals surface area (Å²) < 4.78 is 10.9. The largest absolute Gasteiger partial charge is 0.441 e. The maximum absolute atomic E-state index is 14.2. The number of ether oxygens (including phenoxy) is 2. The molecular formula is C36H50N4O7S. The zero-order chi connectivity index (χ0) is 33.9. The van der Waals surface area contributed by atoms with E-state index in [1.165, 1.54) is 22.7 Å². The van der Waals surface area contributed by atoms with E-state index in [0.717, 1.165) is 36.1 Å². The Kier molecular flexibility index (Phi) is 13.3. The van der Waals surface area contributed by atoms with E-state index in [9.17, 15) is 24.3 Å². The number of aliphatic hydroxyl groups excluding tert-OH is 1. The van der Waals surface area contributed by atoms with Crippen molar-refractivity contribution in [1.29, 1.82) is 0 Å². The van der Waals surface area contributed by atoms with Gasteiger partial charge in [-0.3, -0.25) is 14.4 Å². The lowest BCUT2D eigenvalue weighted by molar-refractivity contribution is -0.140. The van der Waals surface area contributed by atoms with E-state index in [-0.39, 0.29) is 31.2 Å². The Morgan fingerprint density at radius 3 is 2.40 bits per heavy atom. The van der Waals surface area contributed by atoms with Crippen LogP contribution in [-0.4, -0.2) is 102 Å². The molecule has 5 rings (SSSR count). The molecule has 4 amide bonds. The Morgan fingerprint density at radius 2 is 1.73 bits per heavy atom. The molecule has 0 radical (unpaired) electrons. The van der Waals surface area contributed by atoms with E-state index in [0.29, 0.717) is 51.6 Å². The number of benzene rings is 1. The molecule has 48 heavy (non-hydrogen) atoms. The summed E-state index contributed by atoms with van der Waals surface area (Å²) in [5, 5.41) is 19.6. The van der Waals surface area contributed by atoms with Crippen LogP contribution >= 0.6 is 11.3 Å². The van der Waals surface area contributed by atoms with E-state index >= 15 is 0 Å². The van der Waals surface area contributed by atoms with Crippen molar-refractivity contribution in [3.05, 3.63) is 58.3 Å². The van der Waals surface area contributed by atoms with Crippen molar-refractivity contribution in [1.82, 2.24) is 20.4 Å². The van der Waals surface area contributed by atoms with Gasteiger partial charge in [0.15, 0.2) is 0 Å². The van der Waals surface area contributed by atoms with Crippen molar-refractivity contribution < 1.29 is 33.8 Å². The third-order valence-electron chi connectivity index (χ3n) is 9.82. The number of nitrogens with zero attached hydrogens (tertiary/aromatic N) is 2. The van der Waals surface area contributed by atoms with Crippen molar-refractivity contribution in [3.8, 4) is 0 Å². The Bertz CT molecular complexity index is 1330. The Morgan fingerprint density at radius 1 is 0.979 bits per heavy atom. The van der Waals surface area contributed by atoms with Crippen molar-refractivity contribution in [2.45, 2.75) is 89.0 Å². The second-order valence-corrected chi connectivity index (χ2v) is 14.3. The van der Waals surface area contributed by atoms with Gasteiger partial charge in [-0.1, -0.05) is 68.5 Å². The fourth-order valence-corrected chi connectivity index (χ4v) is 7.77. The number of aliphatic hydroxyl groups is 1. The molecule has 1 saturated carbocycles. The summed E-state index contributed by atoms with van der Waals surface area (Å²) >= 11 is 1.50. The molecule has 5 atom stereocenters. The van der Waals surface area contributed by atoms with Crippen LogP contribution in [0.4, 0.5) is 4.79 Å². The topological polar surface area (TPSA) is 138 Å². The molecule has 1 aromatic carbocycles. The van der Waals surface area contributed by atoms with Crippen molar-refractivity contribution >= 4 is 35.2 Å². The third-order valence-corrected chi connectivity index (χ3v) is 10.7. The zero-order valence-corrected chi connectivity index (χ0v) is 28.7. The van der Waals surface area contributed by atoms with Gasteiger partial charge in [-0.15, -0.1) is 11.3 Å². The summed E-state index contributed by atoms with van der Waals surface area (Å²) in [6.07, 6.45) is 4.24. The number of carbonyl (C=O) groups excluding carboxylic acids is 4. The molecule has 3 aliphatic rings. The van der Waals surface area contributed by atoms with Gasteiger partial charge in [-0.2, -0.15) is 0 Å². The first-order chi connectivity index (χ1) is 23.3. The van der Waals surface area contributed by atoms with Gasteiger partial charge < -0.3 is 35.0 Å². The zero-order valence-electron chi connectivity index (χ0n) is 27.9. The van der Waals surface area contributed by atoms with Gasteiger partial charge in [-0.25, -0.2) is 4.79 Å². The number of rotatable bonds is 15. The van der Waals surface area contributed by atoms with Crippen LogP contribution in [0.5, 0.6) is 0 Å². The van der Waals surface area contributed by atoms with Crippen LogP contribution in [0.3, 0.4) is 0 Å². The summed E-state index contributed by atoms with van der Waals surface area (Å²) in [6, 6.07) is 11.8. The SMILES string of the molecule is CCN1CC(C(O)C(CC2CCCCC2)NC(=O)C(Cc2cccs2)NC(=O)C(CC(=O)N2CCOCC2)Cc2ccccc2)OC1=O. The highest BCUT2D eigenvalue weighted by Gasteiger charge is 2.41. The quantitative estimate of drug-likeness (QED) is 0.262. The van der Waals surface area contributed by atoms with Gasteiger partial charge in [0.05, 0.1) is 31.7 Å². The van der Waals surface area contributed by atoms with Crippen LogP contribution in [0, 0.1) is 11.8 Å². The number of likely N-dealkylation sites (N-methyl/N-ethyl adjacent to an activating group) is 1. The average molecular weight is 683 g/mol. The molecule has 5 unspecified atom stereocenters. The van der Waals surface area contributed by atoms with Crippen LogP contribution in [0.2, 0.25) is 0 Å². The van der Waals surface area contributed by atoms with Crippen LogP contribution in [0.15, 0.2) is 47.8 Å². The predicted octanol–water partition coefficient (Wildman–Crippen LogP) is 3.54. The number of thiophene rings is 1. The molecule has 2 saturated heterocycles. The lowest BCUT2D eigenvalue weighted by Gasteiger charge is -2.33. The number of morpholine rings is 1. The molecule has 3 N–H and O–H groups in total. The first-order valence-electron chi connectivity index (χ1n) is 17.5. The van der Waals surface area contributed by atoms with Gasteiger partial charge in [0.25, 0.3) is 0 Å². The van der Waals surface area contributed by atoms with Gasteiger partial charge in [0.1, 0.15) is 18.2 Å². The molecule has 2 aliphatic heterocycles. The number of hydrogen-bond donors (Lipinski definition) is 3. The first-order valence-corrected chi connectivity index (χ1v) is 18.3. The molecule has 2 aromatic rings. The molecular weight excluding hydrogens is 632 g/mol. The fraction of sp³-hybridized carbons (Fsp3) is 0.611. The monoisotopic (exact) mass is 682 g/mol. The molecule has 3 fully saturated rings. The smallest absolute Gasteiger partial charge is 0.410 e. The average Bonchev–Trinajstić information content (AvgIpc) is 3.77. The summed E-state index contributed by atoms with van der Waals surface area (Å²) in [4.78, 5) is 58.1. The normalized spacial score (nSPS) is 21.2. The minimum absolute atomic E-state index is 0.0120. The number of nitrogens with one attached hydrogen (secondary N) is 2. The molecule has 1 aliphatic carbocycles. The van der Waals surface area contributed by atoms with E-state index in [4.69, 9.17) is 9.47 Å². The molecule has 0 spiro atoms. The van der Waals surface area contributed by atoms with E-state index in [1.54, 1.807) is 4.90 Å². The highest BCUT2D eigenvalue weighted by Crippen LogP contribution is 2.30. The number of hydrogen-bond acceptors (Lipinski definition) is 8. The predicted molar refractivity (Wildman–Crippen MR) is 182 cm³/mol. The number of carbonyl (C=O) groups is 4. The minimum atomic E-state index is -1.11. The van der Waals surface area contributed by atoms with Gasteiger partial charge >= 0.3 is 6.09 Å². The molecule has 0 bridgehead atoms. The molecule has 12 heteroatoms. The lowest BCUT2D eigenvalue weighted by atomic mass is 9.83. The molecule has 262 valence electrons. The second-order valence-electron chi connectivity index (χ2n) is 13.2. The molecule has 1 aromatic heterocycles. The molecule has 11 nitrogen and oxygen atoms in total. The Hall–Kier alpha value is -3.48. The highest BCUT2D eigenvalue weighted by molar-refractivity contribution is 7.09. The number of cyclic esters (lactones) is 1. The Balaban J connectivity index is 1.34. The summed E-state index contributed by atoms with van der Waals surface area (Å²) in [6.45, 7) is 4.48. The fourth-order valence-electron chi connectivity index (χ4n) is 7.01. The second kappa shape index (κ2) is 17.8. The van der Waals surface area contributed by atoms with E-state index < -0.39 is 42.2 Å². The summed E-state index contributed by atoms with van der Waals surface area (Å²) in [5.74, 6) is -1.26. The van der Waals surface area contributed by atoms with Crippen LogP contribution in [0.25, 0.3) is 0 Å². The maximum atomic E-state index is 14.2. The summed E-state index contributed by atoms with van der Waals surface area (Å²) in [5.41, 5.74) is 0.926. The van der Waals surface area contributed by atoms with E-state index in [2.05, 4.69) is 10.6 Å². The number of amides is 4. The van der Waals surface area contributed by atoms with Crippen LogP contribution in [-0.2, 0) is 36.7 Å². The van der Waals surface area contributed by atoms with Crippen molar-refractivity contribution in [2.75, 3.05) is 39.4 Å². The first kappa shape index (κ1) is 35.8. The Labute approximate surface area is 287 Å². The maximum Gasteiger partial charge on any atom is 0.410 e. The van der Waals surface area contributed by atoms with Crippen molar-refractivity contribution in [2.24, 2.45) is 11.8 Å². The van der Waals surface area contributed by atoms with Gasteiger partial charge in [-0.05, 0) is 42.7 Å². The minimum Gasteiger partial charge on any atom is -0.441 e. The lowest BCUT2D eigenvalue weighted by Crippen LogP contribution is -2.57. The van der Waals surface area contributed by atoms with Gasteiger partial charge in [0, 0.05) is 37.4 Å². The van der Waals surface area contributed by atoms with Crippen LogP contribution < -0.4 is 10.6 Å². The van der Waals surface area contributed by atoms with Crippen LogP contribution in [0.1, 0.15) is 62.3 Å². The summed E-state index contributed by atoms with van der Waals surface area (Å²) in [7, 11) is 0. The van der Waals surface area contributed by atoms with Crippen molar-refractivity contribution in [3.63, 3.8) is 0 Å². The van der Waals surface area contributed by atoms with E-state index in [1.807, 2.05) is 54.8 Å². The highest BCUT2D eigenvalue weighted by atomic mass is 32.1. The molecule has 3 heterocycles.